The van der Waals surface area contributed by atoms with Gasteiger partial charge >= 0.3 is 5.97 Å². The minimum absolute atomic E-state index is 0.306. The second-order valence-electron chi connectivity index (χ2n) is 6.61. The Balaban J connectivity index is 1.96. The summed E-state index contributed by atoms with van der Waals surface area (Å²) in [4.78, 5) is 26.2. The van der Waals surface area contributed by atoms with E-state index >= 15 is 0 Å². The molecule has 1 N–H and O–H groups in total. The predicted molar refractivity (Wildman–Crippen MR) is 94.7 cm³/mol. The van der Waals surface area contributed by atoms with Crippen molar-refractivity contribution in [2.75, 3.05) is 5.75 Å². The first-order chi connectivity index (χ1) is 11.4. The van der Waals surface area contributed by atoms with E-state index in [4.69, 9.17) is 0 Å². The summed E-state index contributed by atoms with van der Waals surface area (Å²) in [7, 11) is 0. The zero-order valence-electron chi connectivity index (χ0n) is 13.9. The molecule has 0 spiro atoms. The van der Waals surface area contributed by atoms with E-state index in [-0.39, 0.29) is 5.78 Å². The first kappa shape index (κ1) is 16.8. The lowest BCUT2D eigenvalue weighted by molar-refractivity contribution is -0.141. The predicted octanol–water partition coefficient (Wildman–Crippen LogP) is 3.85. The summed E-state index contributed by atoms with van der Waals surface area (Å²) < 4.78 is 1.86. The number of aromatic nitrogens is 1. The number of carbonyl (C=O) groups excluding carboxylic acids is 1. The number of nitrogens with zero attached hydrogens (tertiary/aromatic N) is 1. The molecule has 5 heteroatoms. The highest BCUT2D eigenvalue weighted by Crippen LogP contribution is 2.39. The molecule has 4 nitrogen and oxygen atoms in total. The van der Waals surface area contributed by atoms with Gasteiger partial charge in [-0.2, -0.15) is 0 Å². The fourth-order valence-electron chi connectivity index (χ4n) is 3.19. The van der Waals surface area contributed by atoms with Gasteiger partial charge in [0.25, 0.3) is 0 Å². The Morgan fingerprint density at radius 1 is 1.29 bits per heavy atom. The number of hydrogen-bond acceptors (Lipinski definition) is 3. The Labute approximate surface area is 145 Å². The molecule has 1 atom stereocenters. The maximum atomic E-state index is 13.2. The number of rotatable bonds is 6. The first-order valence-electron chi connectivity index (χ1n) is 8.12. The van der Waals surface area contributed by atoms with Gasteiger partial charge in [-0.05, 0) is 36.6 Å². The number of Topliss-reactive ketones (excluding diaryl/α,β-unsaturated/α-hetero) is 1. The number of aryl methyl sites for hydroxylation is 1. The first-order valence-corrected chi connectivity index (χ1v) is 9.10. The van der Waals surface area contributed by atoms with E-state index in [0.717, 1.165) is 10.6 Å². The van der Waals surface area contributed by atoms with Crippen LogP contribution in [-0.4, -0.2) is 27.2 Å². The zero-order chi connectivity index (χ0) is 17.3. The zero-order valence-corrected chi connectivity index (χ0v) is 14.7. The van der Waals surface area contributed by atoms with Crippen LogP contribution in [-0.2, 0) is 16.8 Å². The molecule has 0 radical (unpaired) electrons. The summed E-state index contributed by atoms with van der Waals surface area (Å²) in [6.45, 7) is 4.85. The van der Waals surface area contributed by atoms with Crippen molar-refractivity contribution in [2.45, 2.75) is 37.1 Å². The van der Waals surface area contributed by atoms with Crippen molar-refractivity contribution < 1.29 is 14.7 Å². The summed E-state index contributed by atoms with van der Waals surface area (Å²) in [5.74, 6) is 0.132. The summed E-state index contributed by atoms with van der Waals surface area (Å²) >= 11 is 1.69. The molecule has 0 saturated carbocycles. The van der Waals surface area contributed by atoms with Gasteiger partial charge in [-0.1, -0.05) is 26.0 Å². The van der Waals surface area contributed by atoms with Crippen LogP contribution in [0.3, 0.4) is 0 Å². The fraction of sp³-hybridized carbons (Fsp3) is 0.368. The Hall–Kier alpha value is -2.01. The van der Waals surface area contributed by atoms with E-state index in [0.29, 0.717) is 30.1 Å². The Morgan fingerprint density at radius 2 is 2.08 bits per heavy atom. The normalized spacial score (nSPS) is 19.5. The van der Waals surface area contributed by atoms with Crippen LogP contribution in [0.25, 0.3) is 0 Å². The van der Waals surface area contributed by atoms with Crippen molar-refractivity contribution in [3.05, 3.63) is 53.9 Å². The van der Waals surface area contributed by atoms with Gasteiger partial charge in [-0.3, -0.25) is 9.59 Å². The quantitative estimate of drug-likeness (QED) is 0.492. The van der Waals surface area contributed by atoms with Gasteiger partial charge in [0, 0.05) is 34.6 Å². The Morgan fingerprint density at radius 3 is 2.79 bits per heavy atom. The number of hydrogen-bond donors (Lipinski definition) is 1. The van der Waals surface area contributed by atoms with E-state index in [1.165, 1.54) is 0 Å². The largest absolute Gasteiger partial charge is 0.480 e. The van der Waals surface area contributed by atoms with Gasteiger partial charge < -0.3 is 9.67 Å². The highest BCUT2D eigenvalue weighted by molar-refractivity contribution is 7.99. The lowest BCUT2D eigenvalue weighted by Crippen LogP contribution is -2.42. The molecule has 2 heterocycles. The third-order valence-corrected chi connectivity index (χ3v) is 5.85. The fourth-order valence-corrected chi connectivity index (χ4v) is 4.10. The lowest BCUT2D eigenvalue weighted by Gasteiger charge is -2.22. The van der Waals surface area contributed by atoms with Crippen LogP contribution < -0.4 is 0 Å². The molecule has 0 saturated heterocycles. The molecule has 24 heavy (non-hydrogen) atoms. The van der Waals surface area contributed by atoms with Gasteiger partial charge in [0.1, 0.15) is 0 Å². The van der Waals surface area contributed by atoms with E-state index in [2.05, 4.69) is 13.8 Å². The molecule has 0 amide bonds. The molecule has 126 valence electrons. The molecule has 1 aromatic carbocycles. The van der Waals surface area contributed by atoms with Gasteiger partial charge in [0.15, 0.2) is 11.2 Å². The number of carboxylic acid groups (broad SMARTS) is 1. The topological polar surface area (TPSA) is 59.3 Å². The maximum Gasteiger partial charge on any atom is 0.323 e. The number of thioether (sulfide) groups is 1. The van der Waals surface area contributed by atoms with Crippen molar-refractivity contribution in [1.82, 2.24) is 4.57 Å². The molecular weight excluding hydrogens is 322 g/mol. The van der Waals surface area contributed by atoms with Crippen LogP contribution >= 0.6 is 11.8 Å². The highest BCUT2D eigenvalue weighted by Gasteiger charge is 2.52. The van der Waals surface area contributed by atoms with E-state index < -0.39 is 11.4 Å². The summed E-state index contributed by atoms with van der Waals surface area (Å²) in [5.41, 5.74) is -0.411. The van der Waals surface area contributed by atoms with Gasteiger partial charge in [0.05, 0.1) is 0 Å². The second kappa shape index (κ2) is 6.48. The molecule has 0 aliphatic carbocycles. The molecule has 3 rings (SSSR count). The maximum absolute atomic E-state index is 13.2. The second-order valence-corrected chi connectivity index (χ2v) is 7.70. The van der Waals surface area contributed by atoms with E-state index in [1.807, 2.05) is 29.0 Å². The van der Waals surface area contributed by atoms with Crippen molar-refractivity contribution in [3.63, 3.8) is 0 Å². The molecule has 2 aromatic rings. The van der Waals surface area contributed by atoms with Crippen molar-refractivity contribution in [3.8, 4) is 0 Å². The van der Waals surface area contributed by atoms with Crippen LogP contribution in [0.5, 0.6) is 0 Å². The molecule has 1 aliphatic heterocycles. The van der Waals surface area contributed by atoms with E-state index in [9.17, 15) is 14.7 Å². The van der Waals surface area contributed by atoms with Crippen molar-refractivity contribution in [2.24, 2.45) is 5.92 Å². The molecule has 0 fully saturated rings. The Kier molecular flexibility index (Phi) is 4.54. The third-order valence-electron chi connectivity index (χ3n) is 4.43. The monoisotopic (exact) mass is 343 g/mol. The number of carboxylic acids is 1. The highest BCUT2D eigenvalue weighted by atomic mass is 32.2. The van der Waals surface area contributed by atoms with Gasteiger partial charge in [0.2, 0.25) is 0 Å². The number of fused-ring (bicyclic) bond motifs is 1. The minimum Gasteiger partial charge on any atom is -0.480 e. The van der Waals surface area contributed by atoms with Crippen LogP contribution in [0.2, 0.25) is 0 Å². The number of ketones is 1. The Bertz CT molecular complexity index is 780. The smallest absolute Gasteiger partial charge is 0.323 e. The van der Waals surface area contributed by atoms with Crippen LogP contribution in [0.15, 0.2) is 47.5 Å². The standard InChI is InChI=1S/C19H21NO3S/c1-13(2)12-24-15-6-3-5-14(11-15)17(21)19(18(22)23)8-10-20-9-4-7-16(19)20/h3-7,9,11,13H,8,10,12H2,1-2H3,(H,22,23). The van der Waals surface area contributed by atoms with Crippen molar-refractivity contribution in [1.29, 1.82) is 0 Å². The van der Waals surface area contributed by atoms with Crippen molar-refractivity contribution >= 4 is 23.5 Å². The summed E-state index contributed by atoms with van der Waals surface area (Å²) in [6.07, 6.45) is 2.14. The average molecular weight is 343 g/mol. The minimum atomic E-state index is -1.47. The molecule has 0 bridgehead atoms. The van der Waals surface area contributed by atoms with Gasteiger partial charge in [-0.15, -0.1) is 11.8 Å². The lowest BCUT2D eigenvalue weighted by atomic mass is 9.76. The molecule has 1 unspecified atom stereocenters. The number of benzene rings is 1. The van der Waals surface area contributed by atoms with Crippen LogP contribution in [0.4, 0.5) is 0 Å². The molecule has 1 aromatic heterocycles. The number of aliphatic carboxylic acids is 1. The SMILES string of the molecule is CC(C)CSc1cccc(C(=O)C2(C(=O)O)CCn3cccc32)c1. The van der Waals surface area contributed by atoms with E-state index in [1.54, 1.807) is 30.0 Å². The van der Waals surface area contributed by atoms with Crippen LogP contribution in [0.1, 0.15) is 36.3 Å². The van der Waals surface area contributed by atoms with Gasteiger partial charge in [-0.25, -0.2) is 0 Å². The average Bonchev–Trinajstić information content (AvgIpc) is 3.15. The number of carbonyl (C=O) groups is 2. The van der Waals surface area contributed by atoms with Crippen LogP contribution in [0, 0.1) is 5.92 Å². The molecular formula is C19H21NO3S. The third kappa shape index (κ3) is 2.77. The molecule has 1 aliphatic rings. The summed E-state index contributed by atoms with van der Waals surface area (Å²) in [5, 5.41) is 9.87. The summed E-state index contributed by atoms with van der Waals surface area (Å²) in [6, 6.07) is 10.9.